The van der Waals surface area contributed by atoms with Gasteiger partial charge in [-0.1, -0.05) is 19.1 Å². The summed E-state index contributed by atoms with van der Waals surface area (Å²) in [6.07, 6.45) is 2.42. The van der Waals surface area contributed by atoms with Crippen molar-refractivity contribution >= 4 is 22.1 Å². The number of H-pyrrole nitrogens is 1. The van der Waals surface area contributed by atoms with Gasteiger partial charge in [0.25, 0.3) is 5.56 Å². The van der Waals surface area contributed by atoms with Crippen molar-refractivity contribution < 1.29 is 4.42 Å². The van der Waals surface area contributed by atoms with Gasteiger partial charge in [0.1, 0.15) is 16.9 Å². The summed E-state index contributed by atoms with van der Waals surface area (Å²) in [7, 11) is 0. The molecule has 1 aliphatic rings. The lowest BCUT2D eigenvalue weighted by atomic mass is 9.99. The molecule has 1 saturated heterocycles. The lowest BCUT2D eigenvalue weighted by Gasteiger charge is -2.29. The van der Waals surface area contributed by atoms with Crippen LogP contribution in [-0.2, 0) is 6.54 Å². The zero-order chi connectivity index (χ0) is 15.1. The monoisotopic (exact) mass is 297 g/mol. The van der Waals surface area contributed by atoms with Crippen molar-refractivity contribution in [2.24, 2.45) is 5.92 Å². The highest BCUT2D eigenvalue weighted by Crippen LogP contribution is 2.24. The number of nitrogens with one attached hydrogen (secondary N) is 1. The van der Waals surface area contributed by atoms with Gasteiger partial charge in [0, 0.05) is 5.39 Å². The summed E-state index contributed by atoms with van der Waals surface area (Å²) < 4.78 is 5.62. The molecule has 1 aromatic carbocycles. The second kappa shape index (κ2) is 5.25. The van der Waals surface area contributed by atoms with E-state index in [0.717, 1.165) is 30.2 Å². The summed E-state index contributed by atoms with van der Waals surface area (Å²) >= 11 is 0. The van der Waals surface area contributed by atoms with E-state index in [1.165, 1.54) is 12.8 Å². The van der Waals surface area contributed by atoms with Crippen molar-refractivity contribution in [3.8, 4) is 0 Å². The predicted molar refractivity (Wildman–Crippen MR) is 85.8 cm³/mol. The summed E-state index contributed by atoms with van der Waals surface area (Å²) in [4.78, 5) is 22.1. The Hall–Kier alpha value is -2.14. The van der Waals surface area contributed by atoms with Gasteiger partial charge in [-0.15, -0.1) is 0 Å². The topological polar surface area (TPSA) is 62.1 Å². The van der Waals surface area contributed by atoms with Gasteiger partial charge >= 0.3 is 0 Å². The van der Waals surface area contributed by atoms with E-state index >= 15 is 0 Å². The molecule has 3 heterocycles. The Kier molecular flexibility index (Phi) is 3.22. The normalized spacial score (nSPS) is 17.5. The van der Waals surface area contributed by atoms with Crippen LogP contribution >= 0.6 is 0 Å². The molecule has 22 heavy (non-hydrogen) atoms. The minimum atomic E-state index is -0.193. The first-order valence-electron chi connectivity index (χ1n) is 7.83. The van der Waals surface area contributed by atoms with Crippen LogP contribution in [0.5, 0.6) is 0 Å². The molecule has 0 unspecified atom stereocenters. The molecule has 0 aliphatic carbocycles. The largest absolute Gasteiger partial charge is 0.449 e. The number of hydrogen-bond donors (Lipinski definition) is 1. The smallest absolute Gasteiger partial charge is 0.294 e. The number of fused-ring (bicyclic) bond motifs is 3. The lowest BCUT2D eigenvalue weighted by Crippen LogP contribution is -2.33. The number of hydrogen-bond acceptors (Lipinski definition) is 4. The fourth-order valence-corrected chi connectivity index (χ4v) is 3.15. The predicted octanol–water partition coefficient (Wildman–Crippen LogP) is 2.90. The van der Waals surface area contributed by atoms with Crippen LogP contribution in [0, 0.1) is 5.92 Å². The Bertz CT molecular complexity index is 872. The van der Waals surface area contributed by atoms with Crippen LogP contribution in [0.2, 0.25) is 0 Å². The zero-order valence-electron chi connectivity index (χ0n) is 12.6. The fourth-order valence-electron chi connectivity index (χ4n) is 3.15. The van der Waals surface area contributed by atoms with E-state index in [-0.39, 0.29) is 5.56 Å². The van der Waals surface area contributed by atoms with Crippen molar-refractivity contribution in [1.29, 1.82) is 0 Å². The van der Waals surface area contributed by atoms with E-state index in [9.17, 15) is 4.79 Å². The molecule has 0 spiro atoms. The van der Waals surface area contributed by atoms with Crippen LogP contribution in [0.3, 0.4) is 0 Å². The summed E-state index contributed by atoms with van der Waals surface area (Å²) in [5.41, 5.74) is 1.50. The van der Waals surface area contributed by atoms with E-state index in [4.69, 9.17) is 4.42 Å². The van der Waals surface area contributed by atoms with Gasteiger partial charge in [-0.05, 0) is 44.0 Å². The van der Waals surface area contributed by atoms with Gasteiger partial charge in [0.15, 0.2) is 0 Å². The molecule has 4 rings (SSSR count). The number of nitrogens with zero attached hydrogens (tertiary/aromatic N) is 2. The second-order valence-electron chi connectivity index (χ2n) is 6.25. The maximum atomic E-state index is 12.3. The van der Waals surface area contributed by atoms with Crippen LogP contribution in [0.15, 0.2) is 33.5 Å². The minimum Gasteiger partial charge on any atom is -0.449 e. The third-order valence-corrected chi connectivity index (χ3v) is 4.53. The third-order valence-electron chi connectivity index (χ3n) is 4.53. The molecule has 114 valence electrons. The maximum Gasteiger partial charge on any atom is 0.294 e. The first kappa shape index (κ1) is 13.5. The van der Waals surface area contributed by atoms with Crippen molar-refractivity contribution in [2.75, 3.05) is 13.1 Å². The molecule has 2 aromatic heterocycles. The summed E-state index contributed by atoms with van der Waals surface area (Å²) in [5.74, 6) is 1.52. The first-order chi connectivity index (χ1) is 10.7. The SMILES string of the molecule is CC1CCN(Cc2nc3c(oc4ccccc43)c(=O)[nH]2)CC1. The number of piperidine rings is 1. The number of benzene rings is 1. The molecule has 0 bridgehead atoms. The van der Waals surface area contributed by atoms with Crippen LogP contribution in [0.4, 0.5) is 0 Å². The van der Waals surface area contributed by atoms with Gasteiger partial charge in [0.05, 0.1) is 6.54 Å². The summed E-state index contributed by atoms with van der Waals surface area (Å²) in [5, 5.41) is 0.900. The molecule has 1 N–H and O–H groups in total. The van der Waals surface area contributed by atoms with E-state index in [1.807, 2.05) is 24.3 Å². The molecule has 0 radical (unpaired) electrons. The molecule has 1 fully saturated rings. The average molecular weight is 297 g/mol. The van der Waals surface area contributed by atoms with Gasteiger partial charge in [-0.25, -0.2) is 4.98 Å². The number of aromatic nitrogens is 2. The number of aromatic amines is 1. The van der Waals surface area contributed by atoms with Crippen molar-refractivity contribution in [2.45, 2.75) is 26.3 Å². The number of rotatable bonds is 2. The average Bonchev–Trinajstić information content (AvgIpc) is 2.89. The number of para-hydroxylation sites is 1. The van der Waals surface area contributed by atoms with Gasteiger partial charge in [0.2, 0.25) is 5.58 Å². The van der Waals surface area contributed by atoms with E-state index in [2.05, 4.69) is 21.8 Å². The molecule has 0 atom stereocenters. The Morgan fingerprint density at radius 1 is 1.32 bits per heavy atom. The quantitative estimate of drug-likeness (QED) is 0.790. The molecule has 5 heteroatoms. The second-order valence-corrected chi connectivity index (χ2v) is 6.25. The fraction of sp³-hybridized carbons (Fsp3) is 0.412. The van der Waals surface area contributed by atoms with E-state index < -0.39 is 0 Å². The number of furan rings is 1. The molecular weight excluding hydrogens is 278 g/mol. The molecule has 0 amide bonds. The highest BCUT2D eigenvalue weighted by Gasteiger charge is 2.18. The molecule has 0 saturated carbocycles. The minimum absolute atomic E-state index is 0.193. The van der Waals surface area contributed by atoms with Crippen LogP contribution in [-0.4, -0.2) is 28.0 Å². The number of likely N-dealkylation sites (tertiary alicyclic amines) is 1. The van der Waals surface area contributed by atoms with Crippen molar-refractivity contribution in [3.05, 3.63) is 40.4 Å². The van der Waals surface area contributed by atoms with Crippen LogP contribution in [0.1, 0.15) is 25.6 Å². The Morgan fingerprint density at radius 2 is 2.09 bits per heavy atom. The Labute approximate surface area is 127 Å². The third kappa shape index (κ3) is 2.31. The molecule has 5 nitrogen and oxygen atoms in total. The van der Waals surface area contributed by atoms with Gasteiger partial charge < -0.3 is 9.40 Å². The van der Waals surface area contributed by atoms with Crippen molar-refractivity contribution in [3.63, 3.8) is 0 Å². The van der Waals surface area contributed by atoms with Crippen molar-refractivity contribution in [1.82, 2.24) is 14.9 Å². The highest BCUT2D eigenvalue weighted by molar-refractivity contribution is 6.01. The zero-order valence-corrected chi connectivity index (χ0v) is 12.6. The van der Waals surface area contributed by atoms with Crippen LogP contribution in [0.25, 0.3) is 22.1 Å². The Morgan fingerprint density at radius 3 is 2.91 bits per heavy atom. The standard InChI is InChI=1S/C17H19N3O2/c1-11-6-8-20(9-7-11)10-14-18-15-12-4-2-3-5-13(12)22-16(15)17(21)19-14/h2-5,11H,6-10H2,1H3,(H,18,19,21). The highest BCUT2D eigenvalue weighted by atomic mass is 16.3. The first-order valence-corrected chi connectivity index (χ1v) is 7.83. The molecule has 1 aliphatic heterocycles. The summed E-state index contributed by atoms with van der Waals surface area (Å²) in [6.45, 7) is 5.11. The van der Waals surface area contributed by atoms with E-state index in [0.29, 0.717) is 23.2 Å². The van der Waals surface area contributed by atoms with Crippen LogP contribution < -0.4 is 5.56 Å². The van der Waals surface area contributed by atoms with Gasteiger partial charge in [-0.2, -0.15) is 0 Å². The summed E-state index contributed by atoms with van der Waals surface area (Å²) in [6, 6.07) is 7.64. The molecular formula is C17H19N3O2. The maximum absolute atomic E-state index is 12.3. The Balaban J connectivity index is 1.73. The van der Waals surface area contributed by atoms with E-state index in [1.54, 1.807) is 0 Å². The molecule has 3 aromatic rings. The van der Waals surface area contributed by atoms with Gasteiger partial charge in [-0.3, -0.25) is 9.69 Å². The lowest BCUT2D eigenvalue weighted by molar-refractivity contribution is 0.181.